The van der Waals surface area contributed by atoms with Gasteiger partial charge in [-0.2, -0.15) is 0 Å². The molecule has 0 unspecified atom stereocenters. The zero-order valence-electron chi connectivity index (χ0n) is 15.8. The van der Waals surface area contributed by atoms with E-state index in [2.05, 4.69) is 4.72 Å². The number of amides is 1. The number of para-hydroxylation sites is 2. The molecule has 152 valence electrons. The third-order valence-electron chi connectivity index (χ3n) is 4.11. The molecule has 0 aliphatic heterocycles. The summed E-state index contributed by atoms with van der Waals surface area (Å²) in [6.45, 7) is 0.382. The number of benzene rings is 2. The zero-order valence-corrected chi connectivity index (χ0v) is 18.1. The molecule has 0 fully saturated rings. The molecule has 0 saturated heterocycles. The van der Waals surface area contributed by atoms with Crippen molar-refractivity contribution in [2.24, 2.45) is 0 Å². The van der Waals surface area contributed by atoms with Crippen LogP contribution in [0.15, 0.2) is 65.6 Å². The lowest BCUT2D eigenvalue weighted by Gasteiger charge is -2.17. The van der Waals surface area contributed by atoms with E-state index in [1.165, 1.54) is 35.5 Å². The Labute approximate surface area is 178 Å². The molecule has 6 nitrogen and oxygen atoms in total. The van der Waals surface area contributed by atoms with E-state index in [0.29, 0.717) is 22.3 Å². The molecule has 0 radical (unpaired) electrons. The van der Waals surface area contributed by atoms with Crippen LogP contribution in [0, 0.1) is 0 Å². The van der Waals surface area contributed by atoms with Crippen LogP contribution in [0.1, 0.15) is 15.2 Å². The van der Waals surface area contributed by atoms with E-state index in [0.717, 1.165) is 4.88 Å². The van der Waals surface area contributed by atoms with Gasteiger partial charge in [0.15, 0.2) is 0 Å². The second kappa shape index (κ2) is 8.86. The first kappa shape index (κ1) is 21.2. The van der Waals surface area contributed by atoms with Crippen molar-refractivity contribution in [2.45, 2.75) is 11.4 Å². The van der Waals surface area contributed by atoms with Crippen LogP contribution < -0.4 is 9.46 Å². The maximum Gasteiger partial charge on any atom is 0.262 e. The van der Waals surface area contributed by atoms with Crippen LogP contribution in [-0.2, 0) is 16.6 Å². The number of nitrogens with one attached hydrogen (secondary N) is 1. The molecule has 1 heterocycles. The smallest absolute Gasteiger partial charge is 0.262 e. The number of rotatable bonds is 7. The Morgan fingerprint density at radius 3 is 2.59 bits per heavy atom. The quantitative estimate of drug-likeness (QED) is 0.575. The second-order valence-electron chi connectivity index (χ2n) is 6.20. The van der Waals surface area contributed by atoms with Crippen LogP contribution >= 0.6 is 22.9 Å². The molecule has 0 aliphatic carbocycles. The predicted octanol–water partition coefficient (Wildman–Crippen LogP) is 4.48. The largest absolute Gasteiger partial charge is 0.495 e. The highest BCUT2D eigenvalue weighted by molar-refractivity contribution is 7.92. The predicted molar refractivity (Wildman–Crippen MR) is 115 cm³/mol. The summed E-state index contributed by atoms with van der Waals surface area (Å²) in [5, 5.41) is 0. The number of ether oxygens (including phenoxy) is 1. The van der Waals surface area contributed by atoms with Crippen molar-refractivity contribution in [1.29, 1.82) is 0 Å². The molecule has 0 atom stereocenters. The first-order valence-corrected chi connectivity index (χ1v) is 11.2. The van der Waals surface area contributed by atoms with Crippen molar-refractivity contribution in [3.05, 3.63) is 75.4 Å². The number of carbonyl (C=O) groups excluding carboxylic acids is 1. The van der Waals surface area contributed by atoms with Gasteiger partial charge in [0.1, 0.15) is 5.75 Å². The lowest BCUT2D eigenvalue weighted by atomic mass is 10.2. The maximum atomic E-state index is 12.8. The average Bonchev–Trinajstić information content (AvgIpc) is 3.12. The molecule has 29 heavy (non-hydrogen) atoms. The fourth-order valence-corrected chi connectivity index (χ4v) is 4.95. The summed E-state index contributed by atoms with van der Waals surface area (Å²) in [5.41, 5.74) is 0.594. The van der Waals surface area contributed by atoms with Gasteiger partial charge in [-0.25, -0.2) is 8.42 Å². The topological polar surface area (TPSA) is 75.7 Å². The average molecular weight is 451 g/mol. The number of halogens is 1. The number of carbonyl (C=O) groups is 1. The molecule has 9 heteroatoms. The fraction of sp³-hybridized carbons (Fsp3) is 0.150. The number of hydrogen-bond donors (Lipinski definition) is 1. The van der Waals surface area contributed by atoms with Crippen molar-refractivity contribution in [1.82, 2.24) is 4.90 Å². The third kappa shape index (κ3) is 5.09. The fourth-order valence-electron chi connectivity index (χ4n) is 2.69. The van der Waals surface area contributed by atoms with Gasteiger partial charge in [0, 0.05) is 17.5 Å². The molecule has 3 aromatic rings. The Morgan fingerprint density at radius 1 is 1.14 bits per heavy atom. The molecule has 2 aromatic carbocycles. The van der Waals surface area contributed by atoms with E-state index in [1.807, 2.05) is 6.07 Å². The van der Waals surface area contributed by atoms with E-state index in [4.69, 9.17) is 16.3 Å². The Morgan fingerprint density at radius 2 is 1.90 bits per heavy atom. The summed E-state index contributed by atoms with van der Waals surface area (Å²) < 4.78 is 33.9. The van der Waals surface area contributed by atoms with Gasteiger partial charge in [0.05, 0.1) is 28.6 Å². The zero-order chi connectivity index (χ0) is 21.0. The highest BCUT2D eigenvalue weighted by atomic mass is 35.5. The number of anilines is 1. The van der Waals surface area contributed by atoms with Crippen molar-refractivity contribution in [3.63, 3.8) is 0 Å². The van der Waals surface area contributed by atoms with E-state index in [-0.39, 0.29) is 16.4 Å². The van der Waals surface area contributed by atoms with Crippen LogP contribution in [0.2, 0.25) is 4.34 Å². The highest BCUT2D eigenvalue weighted by Gasteiger charge is 2.20. The number of thiophene rings is 1. The minimum Gasteiger partial charge on any atom is -0.495 e. The molecule has 0 aliphatic rings. The van der Waals surface area contributed by atoms with Gasteiger partial charge in [-0.3, -0.25) is 9.52 Å². The Bertz CT molecular complexity index is 1130. The lowest BCUT2D eigenvalue weighted by molar-refractivity contribution is 0.0786. The Hall–Kier alpha value is -2.55. The van der Waals surface area contributed by atoms with Gasteiger partial charge in [-0.15, -0.1) is 11.3 Å². The van der Waals surface area contributed by atoms with Gasteiger partial charge in [0.25, 0.3) is 15.9 Å². The van der Waals surface area contributed by atoms with Crippen molar-refractivity contribution >= 4 is 44.6 Å². The molecule has 0 saturated carbocycles. The molecule has 1 aromatic heterocycles. The third-order valence-corrected chi connectivity index (χ3v) is 6.69. The van der Waals surface area contributed by atoms with E-state index in [9.17, 15) is 13.2 Å². The molecular formula is C20H19ClN2O4S2. The van der Waals surface area contributed by atoms with Crippen molar-refractivity contribution < 1.29 is 17.9 Å². The minimum atomic E-state index is -3.90. The number of methoxy groups -OCH3 is 1. The number of hydrogen-bond acceptors (Lipinski definition) is 5. The van der Waals surface area contributed by atoms with Crippen LogP contribution in [0.3, 0.4) is 0 Å². The summed E-state index contributed by atoms with van der Waals surface area (Å²) in [6.07, 6.45) is 0. The van der Waals surface area contributed by atoms with Crippen LogP contribution in [-0.4, -0.2) is 33.4 Å². The van der Waals surface area contributed by atoms with Gasteiger partial charge in [-0.05, 0) is 42.5 Å². The highest BCUT2D eigenvalue weighted by Crippen LogP contribution is 2.27. The van der Waals surface area contributed by atoms with Gasteiger partial charge >= 0.3 is 0 Å². The van der Waals surface area contributed by atoms with Crippen LogP contribution in [0.5, 0.6) is 5.75 Å². The van der Waals surface area contributed by atoms with Gasteiger partial charge in [-0.1, -0.05) is 29.8 Å². The Kier molecular flexibility index (Phi) is 6.46. The minimum absolute atomic E-state index is 0.0122. The Balaban J connectivity index is 1.81. The summed E-state index contributed by atoms with van der Waals surface area (Å²) in [5.74, 6) is 0.113. The first-order chi connectivity index (χ1) is 13.8. The molecule has 1 N–H and O–H groups in total. The standard InChI is InChI=1S/C20H19ClN2O4S2/c1-23(13-15-10-11-19(21)28-15)20(24)14-6-5-7-16(12-14)29(25,26)22-17-8-3-4-9-18(17)27-2/h3-12,22H,13H2,1-2H3. The maximum absolute atomic E-state index is 12.8. The molecule has 0 spiro atoms. The first-order valence-electron chi connectivity index (χ1n) is 8.56. The molecule has 3 rings (SSSR count). The molecule has 0 bridgehead atoms. The monoisotopic (exact) mass is 450 g/mol. The number of sulfonamides is 1. The van der Waals surface area contributed by atoms with Crippen LogP contribution in [0.4, 0.5) is 5.69 Å². The molecule has 1 amide bonds. The van der Waals surface area contributed by atoms with E-state index in [1.54, 1.807) is 49.5 Å². The van der Waals surface area contributed by atoms with Crippen molar-refractivity contribution in [2.75, 3.05) is 18.9 Å². The lowest BCUT2D eigenvalue weighted by Crippen LogP contribution is -2.26. The van der Waals surface area contributed by atoms with Crippen LogP contribution in [0.25, 0.3) is 0 Å². The van der Waals surface area contributed by atoms with Gasteiger partial charge in [0.2, 0.25) is 0 Å². The summed E-state index contributed by atoms with van der Waals surface area (Å²) >= 11 is 7.33. The van der Waals surface area contributed by atoms with Gasteiger partial charge < -0.3 is 9.64 Å². The SMILES string of the molecule is COc1ccccc1NS(=O)(=O)c1cccc(C(=O)N(C)Cc2ccc(Cl)s2)c1. The summed E-state index contributed by atoms with van der Waals surface area (Å²) in [6, 6.07) is 16.3. The van der Waals surface area contributed by atoms with E-state index < -0.39 is 10.0 Å². The van der Waals surface area contributed by atoms with E-state index >= 15 is 0 Å². The van der Waals surface area contributed by atoms with Crippen molar-refractivity contribution in [3.8, 4) is 5.75 Å². The number of nitrogens with zero attached hydrogens (tertiary/aromatic N) is 1. The molecular weight excluding hydrogens is 432 g/mol. The second-order valence-corrected chi connectivity index (χ2v) is 9.68. The summed E-state index contributed by atoms with van der Waals surface area (Å²) in [7, 11) is -0.781. The summed E-state index contributed by atoms with van der Waals surface area (Å²) in [4.78, 5) is 15.2. The normalized spacial score (nSPS) is 11.1.